The van der Waals surface area contributed by atoms with Crippen LogP contribution in [-0.2, 0) is 10.0 Å². The van der Waals surface area contributed by atoms with Gasteiger partial charge < -0.3 is 0 Å². The van der Waals surface area contributed by atoms with Crippen molar-refractivity contribution in [2.45, 2.75) is 6.92 Å². The summed E-state index contributed by atoms with van der Waals surface area (Å²) in [6.07, 6.45) is 13.8. The van der Waals surface area contributed by atoms with Gasteiger partial charge in [-0.1, -0.05) is 56.2 Å². The summed E-state index contributed by atoms with van der Waals surface area (Å²) in [6, 6.07) is 0. The van der Waals surface area contributed by atoms with E-state index >= 15 is 0 Å². The van der Waals surface area contributed by atoms with Crippen molar-refractivity contribution in [3.63, 3.8) is 0 Å². The quantitative estimate of drug-likeness (QED) is 0.691. The Morgan fingerprint density at radius 1 is 1.00 bits per heavy atom. The zero-order chi connectivity index (χ0) is 14.7. The fourth-order valence-corrected chi connectivity index (χ4v) is 2.24. The summed E-state index contributed by atoms with van der Waals surface area (Å²) in [7, 11) is -3.65. The van der Waals surface area contributed by atoms with E-state index < -0.39 is 10.0 Å². The fourth-order valence-electron chi connectivity index (χ4n) is 1.09. The molecule has 0 aliphatic rings. The van der Waals surface area contributed by atoms with Gasteiger partial charge in [0.1, 0.15) is 0 Å². The first-order chi connectivity index (χ1) is 9.01. The van der Waals surface area contributed by atoms with Crippen LogP contribution in [0.5, 0.6) is 0 Å². The predicted octanol–water partition coefficient (Wildman–Crippen LogP) is 3.36. The van der Waals surface area contributed by atoms with E-state index in [1.807, 2.05) is 0 Å². The minimum atomic E-state index is -3.65. The zero-order valence-corrected chi connectivity index (χ0v) is 11.9. The standard InChI is InChI=1S/C15H19NO2S/c1-5-9-12-14(8-4)16-19(17,18)15(11-7-3)13-10-6-2/h5-13,16H,1-3H2,4H3/b12-9-,13-10-,14-8+,15-11+. The zero-order valence-electron chi connectivity index (χ0n) is 11.0. The number of hydrogen-bond acceptors (Lipinski definition) is 2. The molecule has 102 valence electrons. The van der Waals surface area contributed by atoms with E-state index in [1.54, 1.807) is 37.3 Å². The van der Waals surface area contributed by atoms with E-state index in [0.29, 0.717) is 5.70 Å². The van der Waals surface area contributed by atoms with Crippen LogP contribution < -0.4 is 4.72 Å². The highest BCUT2D eigenvalue weighted by Crippen LogP contribution is 2.10. The third kappa shape index (κ3) is 6.43. The Morgan fingerprint density at radius 3 is 2.05 bits per heavy atom. The van der Waals surface area contributed by atoms with Gasteiger partial charge in [0.15, 0.2) is 0 Å². The second-order valence-corrected chi connectivity index (χ2v) is 5.03. The van der Waals surface area contributed by atoms with E-state index in [9.17, 15) is 8.42 Å². The Balaban J connectivity index is 5.34. The summed E-state index contributed by atoms with van der Waals surface area (Å²) in [5.41, 5.74) is 0.460. The molecule has 0 amide bonds. The summed E-state index contributed by atoms with van der Waals surface area (Å²) in [4.78, 5) is 0.105. The lowest BCUT2D eigenvalue weighted by molar-refractivity contribution is 0.596. The van der Waals surface area contributed by atoms with Crippen LogP contribution in [0.1, 0.15) is 6.92 Å². The number of rotatable bonds is 8. The molecule has 0 radical (unpaired) electrons. The molecular formula is C15H19NO2S. The van der Waals surface area contributed by atoms with Crippen LogP contribution in [0.4, 0.5) is 0 Å². The number of hydrogen-bond donors (Lipinski definition) is 1. The van der Waals surface area contributed by atoms with Gasteiger partial charge in [0.2, 0.25) is 0 Å². The predicted molar refractivity (Wildman–Crippen MR) is 82.8 cm³/mol. The molecule has 3 nitrogen and oxygen atoms in total. The van der Waals surface area contributed by atoms with Crippen LogP contribution in [0.15, 0.2) is 85.0 Å². The molecule has 0 saturated carbocycles. The smallest absolute Gasteiger partial charge is 0.261 e. The molecule has 0 bridgehead atoms. The second-order valence-electron chi connectivity index (χ2n) is 3.34. The molecule has 0 aromatic rings. The van der Waals surface area contributed by atoms with Crippen LogP contribution in [0.3, 0.4) is 0 Å². The molecule has 1 N–H and O–H groups in total. The third-order valence-corrected chi connectivity index (χ3v) is 3.36. The molecule has 0 saturated heterocycles. The molecule has 0 heterocycles. The van der Waals surface area contributed by atoms with Gasteiger partial charge in [0.25, 0.3) is 10.0 Å². The van der Waals surface area contributed by atoms with Crippen LogP contribution in [0.25, 0.3) is 0 Å². The minimum Gasteiger partial charge on any atom is -0.280 e. The monoisotopic (exact) mass is 277 g/mol. The molecule has 0 atom stereocenters. The van der Waals surface area contributed by atoms with Crippen LogP contribution in [0.2, 0.25) is 0 Å². The van der Waals surface area contributed by atoms with Gasteiger partial charge in [0.05, 0.1) is 4.91 Å². The molecule has 0 rings (SSSR count). The molecule has 0 aromatic carbocycles. The van der Waals surface area contributed by atoms with E-state index in [0.717, 1.165) is 0 Å². The molecule has 0 unspecified atom stereocenters. The fraction of sp³-hybridized carbons (Fsp3) is 0.0667. The van der Waals surface area contributed by atoms with Crippen molar-refractivity contribution >= 4 is 10.0 Å². The molecule has 0 aliphatic heterocycles. The van der Waals surface area contributed by atoms with E-state index in [2.05, 4.69) is 24.5 Å². The number of allylic oxidation sites excluding steroid dienone is 9. The summed E-state index contributed by atoms with van der Waals surface area (Å²) < 4.78 is 26.8. The Bertz CT molecular complexity index is 547. The molecule has 0 fully saturated rings. The first-order valence-corrected chi connectivity index (χ1v) is 7.10. The van der Waals surface area contributed by atoms with Crippen LogP contribution in [-0.4, -0.2) is 8.42 Å². The summed E-state index contributed by atoms with van der Waals surface area (Å²) in [5.74, 6) is 0. The summed E-state index contributed by atoms with van der Waals surface area (Å²) in [6.45, 7) is 12.3. The highest BCUT2D eigenvalue weighted by molar-refractivity contribution is 7.93. The molecule has 0 aromatic heterocycles. The normalized spacial score (nSPS) is 13.7. The van der Waals surface area contributed by atoms with Gasteiger partial charge in [-0.2, -0.15) is 0 Å². The Morgan fingerprint density at radius 2 is 1.58 bits per heavy atom. The Labute approximate surface area is 115 Å². The second kappa shape index (κ2) is 8.94. The topological polar surface area (TPSA) is 46.2 Å². The van der Waals surface area contributed by atoms with Gasteiger partial charge in [-0.25, -0.2) is 8.42 Å². The van der Waals surface area contributed by atoms with Crippen molar-refractivity contribution in [2.75, 3.05) is 0 Å². The Hall–Kier alpha value is -2.07. The van der Waals surface area contributed by atoms with Crippen molar-refractivity contribution in [3.05, 3.63) is 85.0 Å². The molecule has 19 heavy (non-hydrogen) atoms. The molecule has 4 heteroatoms. The first-order valence-electron chi connectivity index (χ1n) is 5.62. The average molecular weight is 277 g/mol. The largest absolute Gasteiger partial charge is 0.280 e. The SMILES string of the molecule is C=C/C=C\C(=C/C)NS(=O)(=O)C(/C=C\C=C)=C/C=C. The van der Waals surface area contributed by atoms with E-state index in [1.165, 1.54) is 24.3 Å². The highest BCUT2D eigenvalue weighted by Gasteiger charge is 2.14. The van der Waals surface area contributed by atoms with Gasteiger partial charge in [-0.05, 0) is 25.2 Å². The van der Waals surface area contributed by atoms with Crippen molar-refractivity contribution in [3.8, 4) is 0 Å². The number of nitrogens with one attached hydrogen (secondary N) is 1. The summed E-state index contributed by atoms with van der Waals surface area (Å²) in [5, 5.41) is 0. The van der Waals surface area contributed by atoms with Crippen molar-refractivity contribution in [1.29, 1.82) is 0 Å². The van der Waals surface area contributed by atoms with E-state index in [4.69, 9.17) is 0 Å². The molecular weight excluding hydrogens is 258 g/mol. The maximum atomic E-state index is 12.1. The maximum absolute atomic E-state index is 12.1. The van der Waals surface area contributed by atoms with Gasteiger partial charge in [-0.3, -0.25) is 4.72 Å². The third-order valence-electron chi connectivity index (χ3n) is 1.96. The lowest BCUT2D eigenvalue weighted by Crippen LogP contribution is -2.23. The maximum Gasteiger partial charge on any atom is 0.261 e. The lowest BCUT2D eigenvalue weighted by Gasteiger charge is -2.08. The van der Waals surface area contributed by atoms with Gasteiger partial charge >= 0.3 is 0 Å². The van der Waals surface area contributed by atoms with E-state index in [-0.39, 0.29) is 4.91 Å². The first kappa shape index (κ1) is 16.9. The lowest BCUT2D eigenvalue weighted by atomic mass is 10.4. The van der Waals surface area contributed by atoms with Crippen LogP contribution in [0, 0.1) is 0 Å². The average Bonchev–Trinajstić information content (AvgIpc) is 2.39. The van der Waals surface area contributed by atoms with Gasteiger partial charge in [0, 0.05) is 5.70 Å². The van der Waals surface area contributed by atoms with Crippen molar-refractivity contribution < 1.29 is 8.42 Å². The Kier molecular flexibility index (Phi) is 7.97. The van der Waals surface area contributed by atoms with Gasteiger partial charge in [-0.15, -0.1) is 0 Å². The molecule has 0 aliphatic carbocycles. The highest BCUT2D eigenvalue weighted by atomic mass is 32.2. The van der Waals surface area contributed by atoms with Crippen molar-refractivity contribution in [2.24, 2.45) is 0 Å². The van der Waals surface area contributed by atoms with Crippen molar-refractivity contribution in [1.82, 2.24) is 4.72 Å². The number of sulfonamides is 1. The minimum absolute atomic E-state index is 0.105. The van der Waals surface area contributed by atoms with Crippen LogP contribution >= 0.6 is 0 Å². The molecule has 0 spiro atoms. The summed E-state index contributed by atoms with van der Waals surface area (Å²) >= 11 is 0.